The summed E-state index contributed by atoms with van der Waals surface area (Å²) in [4.78, 5) is 43.7. The smallest absolute Gasteiger partial charge is 0.335 e. The third kappa shape index (κ3) is 6.77. The second kappa shape index (κ2) is 12.6. The van der Waals surface area contributed by atoms with Gasteiger partial charge in [-0.05, 0) is 67.6 Å². The molecule has 5 rings (SSSR count). The molecule has 2 N–H and O–H groups in total. The SMILES string of the molecule is CC(C)NC(=O)c1ccc(CN2CCC(N3C(=O)N(Cc4ccc(C(=O)O)cc4)C[C@H]3c3ccccc3)CC2)cc1. The number of nitrogens with zero attached hydrogens (tertiary/aromatic N) is 3. The average molecular weight is 555 g/mol. The molecule has 0 saturated carbocycles. The van der Waals surface area contributed by atoms with E-state index in [-0.39, 0.29) is 35.6 Å². The van der Waals surface area contributed by atoms with Crippen molar-refractivity contribution in [2.24, 2.45) is 0 Å². The number of aromatic carboxylic acids is 1. The normalized spacial score (nSPS) is 18.2. The van der Waals surface area contributed by atoms with Crippen LogP contribution in [0.3, 0.4) is 0 Å². The maximum Gasteiger partial charge on any atom is 0.335 e. The molecule has 1 atom stereocenters. The van der Waals surface area contributed by atoms with Gasteiger partial charge in [-0.3, -0.25) is 9.69 Å². The maximum atomic E-state index is 13.8. The summed E-state index contributed by atoms with van der Waals surface area (Å²) in [5.74, 6) is -1.01. The summed E-state index contributed by atoms with van der Waals surface area (Å²) in [7, 11) is 0. The Morgan fingerprint density at radius 2 is 1.44 bits per heavy atom. The summed E-state index contributed by atoms with van der Waals surface area (Å²) in [6.45, 7) is 7.54. The molecule has 3 aromatic rings. The van der Waals surface area contributed by atoms with Crippen molar-refractivity contribution in [2.45, 2.75) is 57.9 Å². The molecule has 2 heterocycles. The zero-order valence-electron chi connectivity index (χ0n) is 23.7. The number of amides is 3. The number of carboxylic acids is 1. The number of hydrogen-bond acceptors (Lipinski definition) is 4. The molecule has 2 aliphatic rings. The summed E-state index contributed by atoms with van der Waals surface area (Å²) in [5, 5.41) is 12.1. The molecule has 3 amide bonds. The molecule has 0 radical (unpaired) electrons. The Kier molecular flexibility index (Phi) is 8.69. The highest BCUT2D eigenvalue weighted by atomic mass is 16.4. The number of nitrogens with one attached hydrogen (secondary N) is 1. The van der Waals surface area contributed by atoms with Gasteiger partial charge < -0.3 is 20.2 Å². The van der Waals surface area contributed by atoms with Crippen molar-refractivity contribution in [3.05, 3.63) is 107 Å². The minimum atomic E-state index is -0.957. The fourth-order valence-corrected chi connectivity index (χ4v) is 5.85. The second-order valence-electron chi connectivity index (χ2n) is 11.3. The van der Waals surface area contributed by atoms with Gasteiger partial charge in [0.15, 0.2) is 0 Å². The third-order valence-corrected chi connectivity index (χ3v) is 7.97. The first-order valence-corrected chi connectivity index (χ1v) is 14.3. The molecule has 2 fully saturated rings. The Balaban J connectivity index is 1.23. The summed E-state index contributed by atoms with van der Waals surface area (Å²) in [5.41, 5.74) is 4.13. The van der Waals surface area contributed by atoms with Crippen LogP contribution in [0, 0.1) is 0 Å². The molecule has 2 aliphatic heterocycles. The van der Waals surface area contributed by atoms with Crippen molar-refractivity contribution < 1.29 is 19.5 Å². The number of rotatable bonds is 9. The first-order chi connectivity index (χ1) is 19.8. The fourth-order valence-electron chi connectivity index (χ4n) is 5.85. The van der Waals surface area contributed by atoms with Crippen LogP contribution in [-0.4, -0.2) is 69.4 Å². The van der Waals surface area contributed by atoms with Crippen LogP contribution in [0.25, 0.3) is 0 Å². The average Bonchev–Trinajstić information content (AvgIpc) is 3.29. The Morgan fingerprint density at radius 3 is 2.02 bits per heavy atom. The molecule has 0 unspecified atom stereocenters. The molecule has 8 heteroatoms. The molecular weight excluding hydrogens is 516 g/mol. The van der Waals surface area contributed by atoms with Gasteiger partial charge in [0.2, 0.25) is 0 Å². The first-order valence-electron chi connectivity index (χ1n) is 14.3. The Morgan fingerprint density at radius 1 is 0.854 bits per heavy atom. The summed E-state index contributed by atoms with van der Waals surface area (Å²) < 4.78 is 0. The van der Waals surface area contributed by atoms with Crippen LogP contribution in [0.2, 0.25) is 0 Å². The Hall–Kier alpha value is -4.17. The number of urea groups is 1. The zero-order valence-corrected chi connectivity index (χ0v) is 23.7. The highest BCUT2D eigenvalue weighted by Crippen LogP contribution is 2.35. The summed E-state index contributed by atoms with van der Waals surface area (Å²) in [6, 6.07) is 25.1. The van der Waals surface area contributed by atoms with Crippen LogP contribution < -0.4 is 5.32 Å². The number of carbonyl (C=O) groups is 3. The number of carboxylic acid groups (broad SMARTS) is 1. The second-order valence-corrected chi connectivity index (χ2v) is 11.3. The molecule has 3 aromatic carbocycles. The zero-order chi connectivity index (χ0) is 28.9. The van der Waals surface area contributed by atoms with E-state index >= 15 is 0 Å². The van der Waals surface area contributed by atoms with Crippen LogP contribution in [0.15, 0.2) is 78.9 Å². The van der Waals surface area contributed by atoms with Gasteiger partial charge >= 0.3 is 12.0 Å². The van der Waals surface area contributed by atoms with E-state index in [1.54, 1.807) is 24.3 Å². The Labute approximate surface area is 241 Å². The van der Waals surface area contributed by atoms with Crippen molar-refractivity contribution >= 4 is 17.9 Å². The minimum Gasteiger partial charge on any atom is -0.478 e. The van der Waals surface area contributed by atoms with E-state index in [2.05, 4.69) is 27.2 Å². The van der Waals surface area contributed by atoms with Crippen molar-refractivity contribution in [1.29, 1.82) is 0 Å². The van der Waals surface area contributed by atoms with Gasteiger partial charge in [0, 0.05) is 50.4 Å². The maximum absolute atomic E-state index is 13.8. The lowest BCUT2D eigenvalue weighted by Crippen LogP contribution is -2.47. The van der Waals surface area contributed by atoms with Gasteiger partial charge in [-0.25, -0.2) is 9.59 Å². The number of carbonyl (C=O) groups excluding carboxylic acids is 2. The Bertz CT molecular complexity index is 1350. The van der Waals surface area contributed by atoms with Gasteiger partial charge in [-0.15, -0.1) is 0 Å². The predicted molar refractivity (Wildman–Crippen MR) is 158 cm³/mol. The van der Waals surface area contributed by atoms with Crippen molar-refractivity contribution in [2.75, 3.05) is 19.6 Å². The molecular formula is C33H38N4O4. The number of benzene rings is 3. The van der Waals surface area contributed by atoms with Crippen LogP contribution in [0.1, 0.15) is 70.1 Å². The van der Waals surface area contributed by atoms with Crippen molar-refractivity contribution in [1.82, 2.24) is 20.0 Å². The van der Waals surface area contributed by atoms with Gasteiger partial charge in [-0.1, -0.05) is 54.6 Å². The van der Waals surface area contributed by atoms with E-state index in [0.29, 0.717) is 18.7 Å². The van der Waals surface area contributed by atoms with Crippen LogP contribution >= 0.6 is 0 Å². The molecule has 0 aromatic heterocycles. The topological polar surface area (TPSA) is 93.2 Å². The van der Waals surface area contributed by atoms with Crippen LogP contribution in [0.5, 0.6) is 0 Å². The molecule has 0 bridgehead atoms. The molecule has 0 spiro atoms. The first kappa shape index (κ1) is 28.4. The highest BCUT2D eigenvalue weighted by Gasteiger charge is 2.42. The fraction of sp³-hybridized carbons (Fsp3) is 0.364. The van der Waals surface area contributed by atoms with E-state index in [0.717, 1.165) is 43.6 Å². The highest BCUT2D eigenvalue weighted by molar-refractivity contribution is 5.94. The predicted octanol–water partition coefficient (Wildman–Crippen LogP) is 5.17. The summed E-state index contributed by atoms with van der Waals surface area (Å²) >= 11 is 0. The largest absolute Gasteiger partial charge is 0.478 e. The van der Waals surface area contributed by atoms with Crippen LogP contribution in [-0.2, 0) is 13.1 Å². The van der Waals surface area contributed by atoms with E-state index in [1.807, 2.05) is 61.2 Å². The summed E-state index contributed by atoms with van der Waals surface area (Å²) in [6.07, 6.45) is 1.79. The van der Waals surface area contributed by atoms with Crippen molar-refractivity contribution in [3.63, 3.8) is 0 Å². The van der Waals surface area contributed by atoms with Crippen molar-refractivity contribution in [3.8, 4) is 0 Å². The minimum absolute atomic E-state index is 0.0249. The van der Waals surface area contributed by atoms with E-state index in [4.69, 9.17) is 0 Å². The van der Waals surface area contributed by atoms with E-state index in [1.165, 1.54) is 5.56 Å². The monoisotopic (exact) mass is 554 g/mol. The van der Waals surface area contributed by atoms with E-state index < -0.39 is 5.97 Å². The molecule has 8 nitrogen and oxygen atoms in total. The molecule has 214 valence electrons. The third-order valence-electron chi connectivity index (χ3n) is 7.97. The van der Waals surface area contributed by atoms with Gasteiger partial charge in [0.1, 0.15) is 0 Å². The number of likely N-dealkylation sites (tertiary alicyclic amines) is 1. The quantitative estimate of drug-likeness (QED) is 0.381. The van der Waals surface area contributed by atoms with Gasteiger partial charge in [0.05, 0.1) is 11.6 Å². The van der Waals surface area contributed by atoms with E-state index in [9.17, 15) is 19.5 Å². The lowest BCUT2D eigenvalue weighted by atomic mass is 9.98. The lowest BCUT2D eigenvalue weighted by molar-refractivity contribution is 0.0696. The standard InChI is InChI=1S/C33H38N4O4/c1-23(2)34-31(38)27-12-8-24(9-13-27)20-35-18-16-29(17-19-35)37-30(26-6-4-3-5-7-26)22-36(33(37)41)21-25-10-14-28(15-11-25)32(39)40/h3-15,23,29-30H,16-22H2,1-2H3,(H,34,38)(H,39,40)/t30-/m0/s1. The van der Waals surface area contributed by atoms with Gasteiger partial charge in [-0.2, -0.15) is 0 Å². The number of hydrogen-bond donors (Lipinski definition) is 2. The molecule has 0 aliphatic carbocycles. The lowest BCUT2D eigenvalue weighted by Gasteiger charge is -2.39. The number of piperidine rings is 1. The van der Waals surface area contributed by atoms with Crippen LogP contribution in [0.4, 0.5) is 4.79 Å². The molecule has 41 heavy (non-hydrogen) atoms. The molecule has 2 saturated heterocycles. The van der Waals surface area contributed by atoms with Gasteiger partial charge in [0.25, 0.3) is 5.91 Å².